The van der Waals surface area contributed by atoms with Crippen molar-refractivity contribution in [3.05, 3.63) is 0 Å². The molecule has 2 unspecified atom stereocenters. The number of hydrogen-bond acceptors (Lipinski definition) is 3. The summed E-state index contributed by atoms with van der Waals surface area (Å²) in [6.07, 6.45) is 8.50. The molecule has 3 rings (SSSR count). The van der Waals surface area contributed by atoms with Gasteiger partial charge in [0, 0.05) is 23.4 Å². The summed E-state index contributed by atoms with van der Waals surface area (Å²) in [4.78, 5) is 2.72. The van der Waals surface area contributed by atoms with Crippen molar-refractivity contribution in [2.75, 3.05) is 18.8 Å². The van der Waals surface area contributed by atoms with E-state index < -0.39 is 0 Å². The molecule has 2 atom stereocenters. The molecule has 0 bridgehead atoms. The van der Waals surface area contributed by atoms with E-state index in [1.165, 1.54) is 57.4 Å². The van der Waals surface area contributed by atoms with Gasteiger partial charge in [-0.15, -0.1) is 0 Å². The van der Waals surface area contributed by atoms with E-state index in [0.717, 1.165) is 23.4 Å². The first-order valence-corrected chi connectivity index (χ1v) is 8.49. The van der Waals surface area contributed by atoms with E-state index in [2.05, 4.69) is 28.9 Å². The average molecular weight is 254 g/mol. The van der Waals surface area contributed by atoms with Crippen molar-refractivity contribution in [2.45, 2.75) is 68.8 Å². The van der Waals surface area contributed by atoms with E-state index in [1.54, 1.807) is 0 Å². The molecule has 0 aromatic carbocycles. The number of hydrogen-bond donors (Lipinski definition) is 1. The molecular weight excluding hydrogens is 228 g/mol. The topological polar surface area (TPSA) is 15.3 Å². The summed E-state index contributed by atoms with van der Waals surface area (Å²) < 4.78 is 0. The molecule has 0 spiro atoms. The van der Waals surface area contributed by atoms with Crippen LogP contribution in [0.5, 0.6) is 0 Å². The fourth-order valence-electron chi connectivity index (χ4n) is 3.32. The van der Waals surface area contributed by atoms with Gasteiger partial charge in [-0.25, -0.2) is 0 Å². The molecular formula is C14H26N2S. The minimum Gasteiger partial charge on any atom is -0.310 e. The first-order chi connectivity index (χ1) is 8.33. The lowest BCUT2D eigenvalue weighted by Crippen LogP contribution is -2.50. The molecule has 3 heteroatoms. The lowest BCUT2D eigenvalue weighted by atomic mass is 10.0. The molecule has 0 radical (unpaired) electrons. The molecule has 1 N–H and O–H groups in total. The zero-order valence-corrected chi connectivity index (χ0v) is 11.8. The van der Waals surface area contributed by atoms with Gasteiger partial charge in [0.15, 0.2) is 0 Å². The van der Waals surface area contributed by atoms with Crippen LogP contribution in [-0.2, 0) is 0 Å². The summed E-state index contributed by atoms with van der Waals surface area (Å²) in [5.41, 5.74) is 0. The van der Waals surface area contributed by atoms with Crippen molar-refractivity contribution in [1.82, 2.24) is 10.2 Å². The third-order valence-electron chi connectivity index (χ3n) is 4.65. The summed E-state index contributed by atoms with van der Waals surface area (Å²) in [6.45, 7) is 5.09. The summed E-state index contributed by atoms with van der Waals surface area (Å²) in [5.74, 6) is 1.37. The molecule has 2 nitrogen and oxygen atoms in total. The Bertz CT molecular complexity index is 247. The lowest BCUT2D eigenvalue weighted by molar-refractivity contribution is 0.181. The van der Waals surface area contributed by atoms with Crippen LogP contribution in [0.3, 0.4) is 0 Å². The molecule has 0 amide bonds. The Morgan fingerprint density at radius 3 is 2.47 bits per heavy atom. The third-order valence-corrected chi connectivity index (χ3v) is 6.03. The van der Waals surface area contributed by atoms with Crippen molar-refractivity contribution in [1.29, 1.82) is 0 Å². The number of thioether (sulfide) groups is 1. The second kappa shape index (κ2) is 5.50. The van der Waals surface area contributed by atoms with Crippen molar-refractivity contribution < 1.29 is 0 Å². The van der Waals surface area contributed by atoms with Crippen molar-refractivity contribution in [2.24, 2.45) is 0 Å². The predicted molar refractivity (Wildman–Crippen MR) is 75.7 cm³/mol. The minimum absolute atomic E-state index is 0.784. The highest BCUT2D eigenvalue weighted by Gasteiger charge is 2.33. The highest BCUT2D eigenvalue weighted by Crippen LogP contribution is 2.30. The van der Waals surface area contributed by atoms with E-state index in [1.807, 2.05) is 0 Å². The van der Waals surface area contributed by atoms with Gasteiger partial charge in [-0.1, -0.05) is 6.92 Å². The summed E-state index contributed by atoms with van der Waals surface area (Å²) >= 11 is 2.16. The molecule has 2 aliphatic heterocycles. The van der Waals surface area contributed by atoms with Crippen LogP contribution >= 0.6 is 11.8 Å². The van der Waals surface area contributed by atoms with Crippen LogP contribution in [0.4, 0.5) is 0 Å². The Morgan fingerprint density at radius 2 is 1.82 bits per heavy atom. The summed E-state index contributed by atoms with van der Waals surface area (Å²) in [5, 5.41) is 4.76. The normalized spacial score (nSPS) is 37.2. The zero-order chi connectivity index (χ0) is 11.7. The number of nitrogens with zero attached hydrogens (tertiary/aromatic N) is 1. The lowest BCUT2D eigenvalue weighted by Gasteiger charge is -2.37. The maximum Gasteiger partial charge on any atom is 0.0186 e. The second-order valence-corrected chi connectivity index (χ2v) is 7.52. The molecule has 3 aliphatic rings. The van der Waals surface area contributed by atoms with Crippen molar-refractivity contribution in [3.8, 4) is 0 Å². The standard InChI is InChI=1S/C14H26N2S/c1-11-14(3-2-10-17-11)15-12-6-8-16(9-7-12)13-4-5-13/h11-15H,2-10H2,1H3. The monoisotopic (exact) mass is 254 g/mol. The SMILES string of the molecule is CC1SCCCC1NC1CCN(C2CC2)CC1. The molecule has 2 saturated heterocycles. The third kappa shape index (κ3) is 3.18. The van der Waals surface area contributed by atoms with E-state index in [0.29, 0.717) is 0 Å². The fraction of sp³-hybridized carbons (Fsp3) is 1.00. The maximum atomic E-state index is 3.94. The number of rotatable bonds is 3. The largest absolute Gasteiger partial charge is 0.310 e. The molecule has 0 aromatic rings. The molecule has 98 valence electrons. The number of nitrogens with one attached hydrogen (secondary N) is 1. The van der Waals surface area contributed by atoms with E-state index >= 15 is 0 Å². The predicted octanol–water partition coefficient (Wildman–Crippen LogP) is 2.49. The fourth-order valence-corrected chi connectivity index (χ4v) is 4.47. The highest BCUT2D eigenvalue weighted by molar-refractivity contribution is 7.99. The highest BCUT2D eigenvalue weighted by atomic mass is 32.2. The molecule has 3 fully saturated rings. The first kappa shape index (κ1) is 12.3. The summed E-state index contributed by atoms with van der Waals surface area (Å²) in [7, 11) is 0. The average Bonchev–Trinajstić information content (AvgIpc) is 3.17. The smallest absolute Gasteiger partial charge is 0.0186 e. The number of likely N-dealkylation sites (tertiary alicyclic amines) is 1. The number of piperidine rings is 1. The van der Waals surface area contributed by atoms with Crippen LogP contribution in [0.15, 0.2) is 0 Å². The van der Waals surface area contributed by atoms with E-state index in [4.69, 9.17) is 0 Å². The molecule has 2 heterocycles. The Hall–Kier alpha value is 0.270. The van der Waals surface area contributed by atoms with Crippen LogP contribution in [0.1, 0.15) is 45.4 Å². The van der Waals surface area contributed by atoms with Crippen LogP contribution in [-0.4, -0.2) is 47.1 Å². The van der Waals surface area contributed by atoms with Crippen molar-refractivity contribution >= 4 is 11.8 Å². The minimum atomic E-state index is 0.784. The Morgan fingerprint density at radius 1 is 1.06 bits per heavy atom. The van der Waals surface area contributed by atoms with Gasteiger partial charge in [-0.2, -0.15) is 11.8 Å². The Balaban J connectivity index is 1.43. The van der Waals surface area contributed by atoms with Crippen LogP contribution in [0.25, 0.3) is 0 Å². The van der Waals surface area contributed by atoms with E-state index in [-0.39, 0.29) is 0 Å². The van der Waals surface area contributed by atoms with Gasteiger partial charge in [0.1, 0.15) is 0 Å². The van der Waals surface area contributed by atoms with Gasteiger partial charge in [0.2, 0.25) is 0 Å². The molecule has 1 saturated carbocycles. The summed E-state index contributed by atoms with van der Waals surface area (Å²) in [6, 6.07) is 2.56. The van der Waals surface area contributed by atoms with Gasteiger partial charge >= 0.3 is 0 Å². The van der Waals surface area contributed by atoms with Gasteiger partial charge < -0.3 is 10.2 Å². The van der Waals surface area contributed by atoms with Crippen molar-refractivity contribution in [3.63, 3.8) is 0 Å². The Kier molecular flexibility index (Phi) is 3.98. The molecule has 0 aromatic heterocycles. The maximum absolute atomic E-state index is 3.94. The zero-order valence-electron chi connectivity index (χ0n) is 11.0. The van der Waals surface area contributed by atoms with Crippen LogP contribution in [0, 0.1) is 0 Å². The molecule has 1 aliphatic carbocycles. The van der Waals surface area contributed by atoms with Gasteiger partial charge in [0.25, 0.3) is 0 Å². The van der Waals surface area contributed by atoms with Crippen LogP contribution in [0.2, 0.25) is 0 Å². The van der Waals surface area contributed by atoms with Crippen LogP contribution < -0.4 is 5.32 Å². The van der Waals surface area contributed by atoms with Gasteiger partial charge in [0.05, 0.1) is 0 Å². The quantitative estimate of drug-likeness (QED) is 0.833. The molecule has 17 heavy (non-hydrogen) atoms. The second-order valence-electron chi connectivity index (χ2n) is 6.03. The van der Waals surface area contributed by atoms with E-state index in [9.17, 15) is 0 Å². The Labute approximate surface area is 110 Å². The first-order valence-electron chi connectivity index (χ1n) is 7.44. The van der Waals surface area contributed by atoms with Gasteiger partial charge in [-0.3, -0.25) is 0 Å². The van der Waals surface area contributed by atoms with Gasteiger partial charge in [-0.05, 0) is 57.4 Å².